The number of amides is 1. The van der Waals surface area contributed by atoms with E-state index in [1.165, 1.54) is 22.1 Å². The highest BCUT2D eigenvalue weighted by Gasteiger charge is 2.17. The van der Waals surface area contributed by atoms with E-state index in [4.69, 9.17) is 0 Å². The molecule has 0 radical (unpaired) electrons. The van der Waals surface area contributed by atoms with Crippen molar-refractivity contribution in [3.8, 4) is 0 Å². The number of carbonyl (C=O) groups is 1. The molecule has 4 rings (SSSR count). The quantitative estimate of drug-likeness (QED) is 0.754. The highest BCUT2D eigenvalue weighted by molar-refractivity contribution is 5.83. The van der Waals surface area contributed by atoms with Crippen LogP contribution in [0.1, 0.15) is 16.7 Å². The van der Waals surface area contributed by atoms with Crippen molar-refractivity contribution < 1.29 is 4.79 Å². The van der Waals surface area contributed by atoms with Gasteiger partial charge >= 0.3 is 0 Å². The van der Waals surface area contributed by atoms with E-state index in [-0.39, 0.29) is 5.91 Å². The summed E-state index contributed by atoms with van der Waals surface area (Å²) in [5, 5.41) is 4.30. The van der Waals surface area contributed by atoms with Crippen molar-refractivity contribution >= 4 is 16.8 Å². The van der Waals surface area contributed by atoms with Gasteiger partial charge in [0.1, 0.15) is 0 Å². The molecule has 0 saturated heterocycles. The van der Waals surface area contributed by atoms with Gasteiger partial charge in [0.15, 0.2) is 0 Å². The fraction of sp³-hybridized carbons (Fsp3) is 0.286. The minimum absolute atomic E-state index is 0.110. The smallest absolute Gasteiger partial charge is 0.234 e. The molecular weight excluding hydrogens is 310 g/mol. The number of nitrogens with zero attached hydrogens (tertiary/aromatic N) is 1. The number of aromatic nitrogens is 1. The zero-order valence-electron chi connectivity index (χ0n) is 14.3. The van der Waals surface area contributed by atoms with Crippen LogP contribution in [0.4, 0.5) is 0 Å². The molecule has 0 saturated carbocycles. The molecule has 128 valence electrons. The van der Waals surface area contributed by atoms with Crippen LogP contribution in [-0.4, -0.2) is 35.4 Å². The Morgan fingerprint density at radius 1 is 1.08 bits per heavy atom. The molecule has 0 fully saturated rings. The van der Waals surface area contributed by atoms with Gasteiger partial charge in [-0.25, -0.2) is 0 Å². The summed E-state index contributed by atoms with van der Waals surface area (Å²) in [4.78, 5) is 17.8. The predicted molar refractivity (Wildman–Crippen MR) is 100 cm³/mol. The standard InChI is InChI=1S/C21H23N3O/c25-21(15-24-12-10-16-5-1-2-6-18(16)14-24)22-11-9-17-13-23-20-8-4-3-7-19(17)20/h1-8,13,23H,9-12,14-15H2,(H,22,25). The second-order valence-corrected chi connectivity index (χ2v) is 6.69. The summed E-state index contributed by atoms with van der Waals surface area (Å²) in [7, 11) is 0. The van der Waals surface area contributed by atoms with Crippen LogP contribution in [0, 0.1) is 0 Å². The molecule has 0 aliphatic carbocycles. The number of benzene rings is 2. The minimum atomic E-state index is 0.110. The summed E-state index contributed by atoms with van der Waals surface area (Å²) in [5.74, 6) is 0.110. The summed E-state index contributed by atoms with van der Waals surface area (Å²) in [6, 6.07) is 16.8. The van der Waals surface area contributed by atoms with E-state index in [1.54, 1.807) is 0 Å². The maximum atomic E-state index is 12.3. The monoisotopic (exact) mass is 333 g/mol. The molecule has 4 heteroatoms. The molecule has 0 bridgehead atoms. The van der Waals surface area contributed by atoms with Crippen molar-refractivity contribution in [2.45, 2.75) is 19.4 Å². The van der Waals surface area contributed by atoms with Crippen molar-refractivity contribution in [1.29, 1.82) is 0 Å². The van der Waals surface area contributed by atoms with Crippen molar-refractivity contribution in [3.63, 3.8) is 0 Å². The Hall–Kier alpha value is -2.59. The van der Waals surface area contributed by atoms with Gasteiger partial charge < -0.3 is 10.3 Å². The summed E-state index contributed by atoms with van der Waals surface area (Å²) >= 11 is 0. The van der Waals surface area contributed by atoms with Crippen LogP contribution >= 0.6 is 0 Å². The lowest BCUT2D eigenvalue weighted by Gasteiger charge is -2.28. The first-order valence-corrected chi connectivity index (χ1v) is 8.90. The number of hydrogen-bond donors (Lipinski definition) is 2. The molecule has 1 amide bonds. The molecular formula is C21H23N3O. The molecule has 0 unspecified atom stereocenters. The number of hydrogen-bond acceptors (Lipinski definition) is 2. The van der Waals surface area contributed by atoms with Crippen LogP contribution in [0.5, 0.6) is 0 Å². The number of fused-ring (bicyclic) bond motifs is 2. The second kappa shape index (κ2) is 7.11. The van der Waals surface area contributed by atoms with Gasteiger partial charge in [0.05, 0.1) is 6.54 Å². The van der Waals surface area contributed by atoms with Gasteiger partial charge in [-0.2, -0.15) is 0 Å². The Morgan fingerprint density at radius 2 is 1.88 bits per heavy atom. The third-order valence-corrected chi connectivity index (χ3v) is 4.97. The lowest BCUT2D eigenvalue weighted by molar-refractivity contribution is -0.122. The molecule has 1 aromatic heterocycles. The largest absolute Gasteiger partial charge is 0.361 e. The zero-order chi connectivity index (χ0) is 17.1. The Balaban J connectivity index is 1.27. The number of aromatic amines is 1. The molecule has 2 N–H and O–H groups in total. The van der Waals surface area contributed by atoms with Gasteiger partial charge in [-0.05, 0) is 35.6 Å². The first-order valence-electron chi connectivity index (χ1n) is 8.90. The van der Waals surface area contributed by atoms with Gasteiger partial charge in [-0.1, -0.05) is 42.5 Å². The number of carbonyl (C=O) groups excluding carboxylic acids is 1. The second-order valence-electron chi connectivity index (χ2n) is 6.69. The Bertz CT molecular complexity index is 883. The van der Waals surface area contributed by atoms with E-state index in [1.807, 2.05) is 18.3 Å². The van der Waals surface area contributed by atoms with E-state index >= 15 is 0 Å². The molecule has 1 aliphatic rings. The summed E-state index contributed by atoms with van der Waals surface area (Å²) in [6.07, 6.45) is 3.91. The summed E-state index contributed by atoms with van der Waals surface area (Å²) in [5.41, 5.74) is 5.16. The van der Waals surface area contributed by atoms with Crippen LogP contribution < -0.4 is 5.32 Å². The lowest BCUT2D eigenvalue weighted by Crippen LogP contribution is -2.40. The number of rotatable bonds is 5. The van der Waals surface area contributed by atoms with Crippen LogP contribution in [-0.2, 0) is 24.2 Å². The lowest BCUT2D eigenvalue weighted by atomic mass is 10.00. The van der Waals surface area contributed by atoms with E-state index < -0.39 is 0 Å². The average Bonchev–Trinajstić information content (AvgIpc) is 3.05. The minimum Gasteiger partial charge on any atom is -0.361 e. The number of H-pyrrole nitrogens is 1. The van der Waals surface area contributed by atoms with Gasteiger partial charge in [0.2, 0.25) is 5.91 Å². The van der Waals surface area contributed by atoms with Crippen molar-refractivity contribution in [3.05, 3.63) is 71.4 Å². The average molecular weight is 333 g/mol. The fourth-order valence-corrected chi connectivity index (χ4v) is 3.62. The van der Waals surface area contributed by atoms with Crippen molar-refractivity contribution in [2.24, 2.45) is 0 Å². The SMILES string of the molecule is O=C(CN1CCc2ccccc2C1)NCCc1c[nH]c2ccccc12. The third kappa shape index (κ3) is 3.59. The van der Waals surface area contributed by atoms with Crippen molar-refractivity contribution in [2.75, 3.05) is 19.6 Å². The maximum absolute atomic E-state index is 12.3. The number of nitrogens with one attached hydrogen (secondary N) is 2. The Morgan fingerprint density at radius 3 is 2.80 bits per heavy atom. The van der Waals surface area contributed by atoms with E-state index in [9.17, 15) is 4.79 Å². The topological polar surface area (TPSA) is 48.1 Å². The first kappa shape index (κ1) is 15.9. The zero-order valence-corrected chi connectivity index (χ0v) is 14.3. The van der Waals surface area contributed by atoms with Gasteiger partial charge in [-0.15, -0.1) is 0 Å². The van der Waals surface area contributed by atoms with Gasteiger partial charge in [0, 0.05) is 36.7 Å². The van der Waals surface area contributed by atoms with Gasteiger partial charge in [-0.3, -0.25) is 9.69 Å². The molecule has 2 heterocycles. The summed E-state index contributed by atoms with van der Waals surface area (Å²) < 4.78 is 0. The van der Waals surface area contributed by atoms with Crippen LogP contribution in [0.2, 0.25) is 0 Å². The third-order valence-electron chi connectivity index (χ3n) is 4.97. The van der Waals surface area contributed by atoms with E-state index in [2.05, 4.69) is 51.6 Å². The first-order chi connectivity index (χ1) is 12.3. The molecule has 0 spiro atoms. The van der Waals surface area contributed by atoms with Gasteiger partial charge in [0.25, 0.3) is 0 Å². The van der Waals surface area contributed by atoms with Crippen LogP contribution in [0.3, 0.4) is 0 Å². The Kier molecular flexibility index (Phi) is 4.53. The van der Waals surface area contributed by atoms with Crippen molar-refractivity contribution in [1.82, 2.24) is 15.2 Å². The summed E-state index contributed by atoms with van der Waals surface area (Å²) in [6.45, 7) is 2.96. The van der Waals surface area contributed by atoms with Crippen LogP contribution in [0.25, 0.3) is 10.9 Å². The normalized spacial score (nSPS) is 14.4. The Labute approximate surface area is 147 Å². The molecule has 2 aromatic carbocycles. The highest BCUT2D eigenvalue weighted by Crippen LogP contribution is 2.19. The molecule has 1 aliphatic heterocycles. The van der Waals surface area contributed by atoms with Crippen LogP contribution in [0.15, 0.2) is 54.7 Å². The highest BCUT2D eigenvalue weighted by atomic mass is 16.2. The van der Waals surface area contributed by atoms with E-state index in [0.29, 0.717) is 13.1 Å². The maximum Gasteiger partial charge on any atom is 0.234 e. The molecule has 0 atom stereocenters. The molecule has 4 nitrogen and oxygen atoms in total. The van der Waals surface area contributed by atoms with E-state index in [0.717, 1.165) is 31.4 Å². The number of para-hydroxylation sites is 1. The predicted octanol–water partition coefficient (Wildman–Crippen LogP) is 2.88. The molecule has 25 heavy (non-hydrogen) atoms. The fourth-order valence-electron chi connectivity index (χ4n) is 3.62. The molecule has 3 aromatic rings.